The molecule has 0 aliphatic rings. The van der Waals surface area contributed by atoms with Gasteiger partial charge in [0.05, 0.1) is 0 Å². The van der Waals surface area contributed by atoms with E-state index < -0.39 is 0 Å². The second kappa shape index (κ2) is 5.70. The van der Waals surface area contributed by atoms with E-state index in [0.29, 0.717) is 0 Å². The molecule has 2 N–H and O–H groups in total. The SMILES string of the molecule is CCNc1cc(NCC)nc(SC)n1. The first-order chi connectivity index (χ1) is 6.80. The van der Waals surface area contributed by atoms with Crippen LogP contribution in [0.25, 0.3) is 0 Å². The monoisotopic (exact) mass is 212 g/mol. The Morgan fingerprint density at radius 3 is 2.00 bits per heavy atom. The van der Waals surface area contributed by atoms with E-state index in [2.05, 4.69) is 20.6 Å². The summed E-state index contributed by atoms with van der Waals surface area (Å²) in [6, 6.07) is 1.92. The number of aromatic nitrogens is 2. The van der Waals surface area contributed by atoms with Crippen molar-refractivity contribution in [2.45, 2.75) is 19.0 Å². The van der Waals surface area contributed by atoms with Gasteiger partial charge < -0.3 is 10.6 Å². The lowest BCUT2D eigenvalue weighted by atomic mass is 10.5. The second-order valence-corrected chi connectivity index (χ2v) is 3.46. The van der Waals surface area contributed by atoms with E-state index in [-0.39, 0.29) is 0 Å². The smallest absolute Gasteiger partial charge is 0.191 e. The summed E-state index contributed by atoms with van der Waals surface area (Å²) in [4.78, 5) is 8.65. The van der Waals surface area contributed by atoms with Gasteiger partial charge in [0.1, 0.15) is 11.6 Å². The zero-order chi connectivity index (χ0) is 10.4. The van der Waals surface area contributed by atoms with Crippen LogP contribution in [0.5, 0.6) is 0 Å². The maximum absolute atomic E-state index is 4.32. The van der Waals surface area contributed by atoms with Gasteiger partial charge >= 0.3 is 0 Å². The Labute approximate surface area is 88.9 Å². The number of rotatable bonds is 5. The number of thioether (sulfide) groups is 1. The molecule has 0 saturated heterocycles. The standard InChI is InChI=1S/C9H16N4S/c1-4-10-7-6-8(11-5-2)13-9(12-7)14-3/h6H,4-5H2,1-3H3,(H2,10,11,12,13). The Hall–Kier alpha value is -0.970. The van der Waals surface area contributed by atoms with E-state index >= 15 is 0 Å². The fraction of sp³-hybridized carbons (Fsp3) is 0.556. The fourth-order valence-electron chi connectivity index (χ4n) is 1.06. The quantitative estimate of drug-likeness (QED) is 0.578. The Bertz CT molecular complexity index is 266. The molecule has 5 heteroatoms. The maximum Gasteiger partial charge on any atom is 0.191 e. The zero-order valence-corrected chi connectivity index (χ0v) is 9.61. The van der Waals surface area contributed by atoms with Gasteiger partial charge in [0.2, 0.25) is 0 Å². The van der Waals surface area contributed by atoms with Gasteiger partial charge in [-0.3, -0.25) is 0 Å². The van der Waals surface area contributed by atoms with E-state index in [1.807, 2.05) is 26.2 Å². The molecule has 1 aromatic rings. The molecule has 4 nitrogen and oxygen atoms in total. The molecule has 0 spiro atoms. The Morgan fingerprint density at radius 2 is 1.64 bits per heavy atom. The topological polar surface area (TPSA) is 49.8 Å². The van der Waals surface area contributed by atoms with Gasteiger partial charge in [0, 0.05) is 19.2 Å². The zero-order valence-electron chi connectivity index (χ0n) is 8.79. The van der Waals surface area contributed by atoms with E-state index in [1.54, 1.807) is 11.8 Å². The van der Waals surface area contributed by atoms with E-state index in [1.165, 1.54) is 0 Å². The molecule has 78 valence electrons. The van der Waals surface area contributed by atoms with Crippen LogP contribution in [-0.2, 0) is 0 Å². The molecular weight excluding hydrogens is 196 g/mol. The summed E-state index contributed by atoms with van der Waals surface area (Å²) in [6.07, 6.45) is 1.97. The average Bonchev–Trinajstić information content (AvgIpc) is 2.18. The van der Waals surface area contributed by atoms with Crippen LogP contribution in [0, 0.1) is 0 Å². The fourth-order valence-corrected chi connectivity index (χ4v) is 1.44. The number of hydrogen-bond acceptors (Lipinski definition) is 5. The van der Waals surface area contributed by atoms with Crippen molar-refractivity contribution in [3.63, 3.8) is 0 Å². The van der Waals surface area contributed by atoms with Gasteiger partial charge in [-0.1, -0.05) is 11.8 Å². The van der Waals surface area contributed by atoms with Crippen molar-refractivity contribution >= 4 is 23.4 Å². The summed E-state index contributed by atoms with van der Waals surface area (Å²) in [5, 5.41) is 7.14. The highest BCUT2D eigenvalue weighted by molar-refractivity contribution is 7.98. The van der Waals surface area contributed by atoms with Gasteiger partial charge in [-0.05, 0) is 20.1 Å². The minimum Gasteiger partial charge on any atom is -0.370 e. The molecule has 0 fully saturated rings. The predicted molar refractivity (Wildman–Crippen MR) is 62.1 cm³/mol. The Kier molecular flexibility index (Phi) is 4.52. The molecule has 0 atom stereocenters. The highest BCUT2D eigenvalue weighted by atomic mass is 32.2. The summed E-state index contributed by atoms with van der Waals surface area (Å²) in [5.41, 5.74) is 0. The van der Waals surface area contributed by atoms with Crippen LogP contribution in [0.4, 0.5) is 11.6 Å². The van der Waals surface area contributed by atoms with Crippen molar-refractivity contribution in [3.05, 3.63) is 6.07 Å². The van der Waals surface area contributed by atoms with Crippen molar-refractivity contribution in [1.29, 1.82) is 0 Å². The van der Waals surface area contributed by atoms with E-state index in [0.717, 1.165) is 29.9 Å². The first kappa shape index (κ1) is 11.1. The molecule has 1 rings (SSSR count). The number of hydrogen-bond donors (Lipinski definition) is 2. The predicted octanol–water partition coefficient (Wildman–Crippen LogP) is 2.06. The van der Waals surface area contributed by atoms with Crippen molar-refractivity contribution in [1.82, 2.24) is 9.97 Å². The molecule has 0 unspecified atom stereocenters. The molecule has 0 bridgehead atoms. The van der Waals surface area contributed by atoms with Gasteiger partial charge in [-0.2, -0.15) is 0 Å². The summed E-state index contributed by atoms with van der Waals surface area (Å²) < 4.78 is 0. The van der Waals surface area contributed by atoms with Crippen LogP contribution in [0.15, 0.2) is 11.2 Å². The van der Waals surface area contributed by atoms with Crippen LogP contribution in [0.2, 0.25) is 0 Å². The van der Waals surface area contributed by atoms with Gasteiger partial charge in [-0.15, -0.1) is 0 Å². The van der Waals surface area contributed by atoms with Crippen LogP contribution >= 0.6 is 11.8 Å². The lowest BCUT2D eigenvalue weighted by Crippen LogP contribution is -2.05. The largest absolute Gasteiger partial charge is 0.370 e. The summed E-state index contributed by atoms with van der Waals surface area (Å²) >= 11 is 1.55. The van der Waals surface area contributed by atoms with Gasteiger partial charge in [0.25, 0.3) is 0 Å². The molecule has 0 aromatic carbocycles. The van der Waals surface area contributed by atoms with Crippen LogP contribution in [0.1, 0.15) is 13.8 Å². The lowest BCUT2D eigenvalue weighted by molar-refractivity contribution is 0.955. The van der Waals surface area contributed by atoms with Crippen LogP contribution < -0.4 is 10.6 Å². The third-order valence-electron chi connectivity index (χ3n) is 1.60. The van der Waals surface area contributed by atoms with Crippen molar-refractivity contribution in [2.24, 2.45) is 0 Å². The molecule has 1 heterocycles. The highest BCUT2D eigenvalue weighted by Crippen LogP contribution is 2.16. The van der Waals surface area contributed by atoms with E-state index in [9.17, 15) is 0 Å². The normalized spacial score (nSPS) is 9.93. The Morgan fingerprint density at radius 1 is 1.14 bits per heavy atom. The van der Waals surface area contributed by atoms with E-state index in [4.69, 9.17) is 0 Å². The average molecular weight is 212 g/mol. The van der Waals surface area contributed by atoms with Gasteiger partial charge in [-0.25, -0.2) is 9.97 Å². The molecule has 0 aliphatic heterocycles. The second-order valence-electron chi connectivity index (χ2n) is 2.69. The molecule has 0 saturated carbocycles. The summed E-state index contributed by atoms with van der Waals surface area (Å²) in [6.45, 7) is 5.84. The number of nitrogens with zero attached hydrogens (tertiary/aromatic N) is 2. The van der Waals surface area contributed by atoms with Crippen molar-refractivity contribution < 1.29 is 0 Å². The van der Waals surface area contributed by atoms with Crippen molar-refractivity contribution in [2.75, 3.05) is 30.0 Å². The first-order valence-electron chi connectivity index (χ1n) is 4.71. The minimum atomic E-state index is 0.791. The van der Waals surface area contributed by atoms with Gasteiger partial charge in [0.15, 0.2) is 5.16 Å². The molecule has 0 radical (unpaired) electrons. The molecule has 1 aromatic heterocycles. The molecular formula is C9H16N4S. The lowest BCUT2D eigenvalue weighted by Gasteiger charge is -2.07. The van der Waals surface area contributed by atoms with Crippen molar-refractivity contribution in [3.8, 4) is 0 Å². The summed E-state index contributed by atoms with van der Waals surface area (Å²) in [5.74, 6) is 1.76. The number of nitrogens with one attached hydrogen (secondary N) is 2. The third kappa shape index (κ3) is 3.06. The molecule has 14 heavy (non-hydrogen) atoms. The molecule has 0 amide bonds. The third-order valence-corrected chi connectivity index (χ3v) is 2.15. The number of anilines is 2. The first-order valence-corrected chi connectivity index (χ1v) is 5.93. The maximum atomic E-state index is 4.32. The highest BCUT2D eigenvalue weighted by Gasteiger charge is 2.01. The molecule has 0 aliphatic carbocycles. The minimum absolute atomic E-state index is 0.791. The van der Waals surface area contributed by atoms with Crippen LogP contribution in [0.3, 0.4) is 0 Å². The van der Waals surface area contributed by atoms with Crippen LogP contribution in [-0.4, -0.2) is 29.3 Å². The summed E-state index contributed by atoms with van der Waals surface area (Å²) in [7, 11) is 0. The Balaban J connectivity index is 2.88.